The molecule has 2 unspecified atom stereocenters. The Morgan fingerprint density at radius 2 is 2.06 bits per heavy atom. The second-order valence-corrected chi connectivity index (χ2v) is 7.85. The highest BCUT2D eigenvalue weighted by atomic mass is 16.7. The number of hydrogen-bond donors (Lipinski definition) is 2. The number of nitrogens with one attached hydrogen (secondary N) is 2. The number of methoxy groups -OCH3 is 1. The predicted molar refractivity (Wildman–Crippen MR) is 114 cm³/mol. The van der Waals surface area contributed by atoms with Crippen LogP contribution in [0.5, 0.6) is 17.2 Å². The minimum absolute atomic E-state index is 0.0294. The summed E-state index contributed by atoms with van der Waals surface area (Å²) in [6.45, 7) is 0.561. The molecule has 2 atom stereocenters. The third-order valence-corrected chi connectivity index (χ3v) is 5.81. The van der Waals surface area contributed by atoms with Gasteiger partial charge in [0, 0.05) is 18.9 Å². The molecular weight excluding hydrogens is 412 g/mol. The van der Waals surface area contributed by atoms with Crippen molar-refractivity contribution >= 4 is 11.8 Å². The number of carbonyl (C=O) groups is 2. The zero-order valence-electron chi connectivity index (χ0n) is 17.6. The maximum Gasteiger partial charge on any atom is 0.251 e. The predicted octanol–water partition coefficient (Wildman–Crippen LogP) is 1.67. The number of fused-ring (bicyclic) bond motifs is 2. The van der Waals surface area contributed by atoms with Gasteiger partial charge in [-0.1, -0.05) is 18.2 Å². The van der Waals surface area contributed by atoms with Gasteiger partial charge in [-0.25, -0.2) is 5.43 Å². The summed E-state index contributed by atoms with van der Waals surface area (Å²) >= 11 is 0. The summed E-state index contributed by atoms with van der Waals surface area (Å²) in [6, 6.07) is 12.9. The summed E-state index contributed by atoms with van der Waals surface area (Å²) in [4.78, 5) is 26.9. The van der Waals surface area contributed by atoms with Crippen LogP contribution in [0.1, 0.15) is 23.6 Å². The van der Waals surface area contributed by atoms with Gasteiger partial charge in [0.15, 0.2) is 11.5 Å². The fourth-order valence-electron chi connectivity index (χ4n) is 4.11. The van der Waals surface area contributed by atoms with Gasteiger partial charge < -0.3 is 29.4 Å². The van der Waals surface area contributed by atoms with Gasteiger partial charge in [0.2, 0.25) is 12.7 Å². The molecule has 5 rings (SSSR count). The Bertz CT molecular complexity index is 1070. The minimum Gasteiger partial charge on any atom is -0.497 e. The van der Waals surface area contributed by atoms with Crippen LogP contribution in [0.3, 0.4) is 0 Å². The number of rotatable bonds is 6. The van der Waals surface area contributed by atoms with Crippen LogP contribution in [0.4, 0.5) is 0 Å². The second kappa shape index (κ2) is 8.43. The molecule has 9 nitrogen and oxygen atoms in total. The molecule has 166 valence electrons. The average molecular weight is 436 g/mol. The molecule has 0 aromatic heterocycles. The van der Waals surface area contributed by atoms with Crippen molar-refractivity contribution in [1.82, 2.24) is 20.7 Å². The van der Waals surface area contributed by atoms with Crippen molar-refractivity contribution in [3.63, 3.8) is 0 Å². The van der Waals surface area contributed by atoms with E-state index in [1.54, 1.807) is 19.5 Å². The first-order valence-corrected chi connectivity index (χ1v) is 10.4. The minimum atomic E-state index is -0.374. The molecule has 0 saturated carbocycles. The Kier molecular flexibility index (Phi) is 5.32. The molecule has 1 saturated heterocycles. The maximum atomic E-state index is 13.0. The largest absolute Gasteiger partial charge is 0.497 e. The van der Waals surface area contributed by atoms with E-state index in [0.717, 1.165) is 22.6 Å². The Morgan fingerprint density at radius 3 is 2.94 bits per heavy atom. The molecule has 0 spiro atoms. The van der Waals surface area contributed by atoms with Crippen molar-refractivity contribution in [2.75, 3.05) is 20.4 Å². The van der Waals surface area contributed by atoms with Crippen molar-refractivity contribution in [2.24, 2.45) is 0 Å². The fraction of sp³-hybridized carbons (Fsp3) is 0.304. The van der Waals surface area contributed by atoms with E-state index in [2.05, 4.69) is 10.7 Å². The Hall–Kier alpha value is -3.72. The molecule has 3 aliphatic rings. The molecule has 2 N–H and O–H groups in total. The summed E-state index contributed by atoms with van der Waals surface area (Å²) in [7, 11) is 1.60. The van der Waals surface area contributed by atoms with Crippen LogP contribution in [0.2, 0.25) is 0 Å². The smallest absolute Gasteiger partial charge is 0.251 e. The van der Waals surface area contributed by atoms with Crippen LogP contribution in [-0.4, -0.2) is 48.2 Å². The summed E-state index contributed by atoms with van der Waals surface area (Å²) < 4.78 is 16.0. The first-order valence-electron chi connectivity index (χ1n) is 10.4. The molecule has 3 aliphatic heterocycles. The van der Waals surface area contributed by atoms with E-state index < -0.39 is 0 Å². The van der Waals surface area contributed by atoms with E-state index in [1.165, 1.54) is 4.90 Å². The molecule has 32 heavy (non-hydrogen) atoms. The lowest BCUT2D eigenvalue weighted by atomic mass is 10.0. The monoisotopic (exact) mass is 436 g/mol. The summed E-state index contributed by atoms with van der Waals surface area (Å²) in [5, 5.41) is 4.67. The van der Waals surface area contributed by atoms with E-state index in [0.29, 0.717) is 18.7 Å². The topological polar surface area (TPSA) is 92.4 Å². The zero-order valence-corrected chi connectivity index (χ0v) is 17.6. The standard InChI is InChI=1S/C23H24N4O5/c1-30-17-4-2-3-15(9-17)12-24-22(28)13-26-7-8-27-19(23(26)29)11-18(25-27)16-5-6-20-21(10-16)32-14-31-20/h2-10,18-19,25H,11-14H2,1H3,(H,24,28). The molecular formula is C23H24N4O5. The van der Waals surface area contributed by atoms with Crippen LogP contribution >= 0.6 is 0 Å². The van der Waals surface area contributed by atoms with Crippen LogP contribution in [-0.2, 0) is 16.1 Å². The molecule has 0 aliphatic carbocycles. The Labute approximate surface area is 185 Å². The summed E-state index contributed by atoms with van der Waals surface area (Å²) in [5.74, 6) is 1.84. The fourth-order valence-corrected chi connectivity index (χ4v) is 4.11. The van der Waals surface area contributed by atoms with Crippen molar-refractivity contribution in [1.29, 1.82) is 0 Å². The Morgan fingerprint density at radius 1 is 1.19 bits per heavy atom. The number of ether oxygens (including phenoxy) is 3. The lowest BCUT2D eigenvalue weighted by Crippen LogP contribution is -2.50. The van der Waals surface area contributed by atoms with Crippen LogP contribution in [0, 0.1) is 0 Å². The molecule has 0 radical (unpaired) electrons. The second-order valence-electron chi connectivity index (χ2n) is 7.85. The van der Waals surface area contributed by atoms with Gasteiger partial charge in [-0.15, -0.1) is 0 Å². The number of carbonyl (C=O) groups excluding carboxylic acids is 2. The normalized spacial score (nSPS) is 21.0. The van der Waals surface area contributed by atoms with E-state index in [4.69, 9.17) is 14.2 Å². The van der Waals surface area contributed by atoms with Gasteiger partial charge in [-0.2, -0.15) is 0 Å². The third kappa shape index (κ3) is 3.94. The third-order valence-electron chi connectivity index (χ3n) is 5.81. The van der Waals surface area contributed by atoms with Gasteiger partial charge in [-0.05, 0) is 41.8 Å². The molecule has 0 bridgehead atoms. The average Bonchev–Trinajstić information content (AvgIpc) is 3.46. The summed E-state index contributed by atoms with van der Waals surface area (Å²) in [6.07, 6.45) is 4.03. The molecule has 9 heteroatoms. The number of benzene rings is 2. The first kappa shape index (κ1) is 20.2. The summed E-state index contributed by atoms with van der Waals surface area (Å²) in [5.41, 5.74) is 5.30. The lowest BCUT2D eigenvalue weighted by molar-refractivity contribution is -0.138. The van der Waals surface area contributed by atoms with Crippen molar-refractivity contribution in [3.05, 3.63) is 66.0 Å². The van der Waals surface area contributed by atoms with Gasteiger partial charge >= 0.3 is 0 Å². The van der Waals surface area contributed by atoms with E-state index >= 15 is 0 Å². The van der Waals surface area contributed by atoms with Crippen LogP contribution in [0.25, 0.3) is 0 Å². The lowest BCUT2D eigenvalue weighted by Gasteiger charge is -2.31. The molecule has 2 amide bonds. The molecule has 3 heterocycles. The Balaban J connectivity index is 1.18. The van der Waals surface area contributed by atoms with E-state index in [9.17, 15) is 9.59 Å². The van der Waals surface area contributed by atoms with Crippen LogP contribution in [0.15, 0.2) is 54.9 Å². The van der Waals surface area contributed by atoms with E-state index in [1.807, 2.05) is 47.5 Å². The van der Waals surface area contributed by atoms with Gasteiger partial charge in [-0.3, -0.25) is 9.59 Å². The van der Waals surface area contributed by atoms with Gasteiger partial charge in [0.05, 0.1) is 13.2 Å². The maximum absolute atomic E-state index is 13.0. The number of hydrazine groups is 1. The number of hydrogen-bond acceptors (Lipinski definition) is 7. The van der Waals surface area contributed by atoms with E-state index in [-0.39, 0.29) is 37.2 Å². The highest BCUT2D eigenvalue weighted by molar-refractivity contribution is 5.89. The molecule has 1 fully saturated rings. The highest BCUT2D eigenvalue weighted by Gasteiger charge is 2.40. The van der Waals surface area contributed by atoms with Crippen molar-refractivity contribution in [3.8, 4) is 17.2 Å². The SMILES string of the molecule is COc1cccc(CNC(=O)CN2C=CN3NC(c4ccc5c(c4)OCO5)CC3C2=O)c1. The van der Waals surface area contributed by atoms with Gasteiger partial charge in [0.25, 0.3) is 5.91 Å². The van der Waals surface area contributed by atoms with Crippen LogP contribution < -0.4 is 25.0 Å². The first-order chi connectivity index (χ1) is 15.6. The quantitative estimate of drug-likeness (QED) is 0.712. The van der Waals surface area contributed by atoms with Crippen molar-refractivity contribution < 1.29 is 23.8 Å². The number of amides is 2. The van der Waals surface area contributed by atoms with Gasteiger partial charge in [0.1, 0.15) is 18.3 Å². The highest BCUT2D eigenvalue weighted by Crippen LogP contribution is 2.37. The number of nitrogens with zero attached hydrogens (tertiary/aromatic N) is 2. The van der Waals surface area contributed by atoms with Crippen molar-refractivity contribution in [2.45, 2.75) is 25.0 Å². The molecule has 2 aromatic carbocycles. The zero-order chi connectivity index (χ0) is 22.1. The molecule has 2 aromatic rings.